The minimum atomic E-state index is -0.141. The van der Waals surface area contributed by atoms with Gasteiger partial charge in [-0.05, 0) is 23.3 Å². The van der Waals surface area contributed by atoms with E-state index in [0.717, 1.165) is 35.9 Å². The van der Waals surface area contributed by atoms with Gasteiger partial charge >= 0.3 is 0 Å². The van der Waals surface area contributed by atoms with Crippen molar-refractivity contribution in [2.24, 2.45) is 0 Å². The molecule has 1 aliphatic rings. The Bertz CT molecular complexity index is 1130. The minimum Gasteiger partial charge on any atom is -0.329 e. The summed E-state index contributed by atoms with van der Waals surface area (Å²) < 4.78 is 2.11. The van der Waals surface area contributed by atoms with Crippen LogP contribution in [0.25, 0.3) is 11.4 Å². The van der Waals surface area contributed by atoms with Crippen molar-refractivity contribution in [3.05, 3.63) is 100 Å². The van der Waals surface area contributed by atoms with Crippen LogP contribution in [0, 0.1) is 0 Å². The third-order valence-corrected chi connectivity index (χ3v) is 5.30. The van der Waals surface area contributed by atoms with E-state index in [1.54, 1.807) is 18.5 Å². The van der Waals surface area contributed by atoms with Crippen LogP contribution >= 0.6 is 0 Å². The normalized spacial score (nSPS) is 15.0. The van der Waals surface area contributed by atoms with Crippen molar-refractivity contribution in [2.45, 2.75) is 19.1 Å². The molecule has 0 saturated heterocycles. The maximum Gasteiger partial charge on any atom is 0.248 e. The molecule has 1 aliphatic heterocycles. The Labute approximate surface area is 167 Å². The molecule has 0 aliphatic carbocycles. The summed E-state index contributed by atoms with van der Waals surface area (Å²) in [5.41, 5.74) is 3.02. The number of aromatic nitrogens is 5. The highest BCUT2D eigenvalue weighted by Gasteiger charge is 2.29. The molecule has 0 radical (unpaired) electrons. The van der Waals surface area contributed by atoms with E-state index in [4.69, 9.17) is 0 Å². The zero-order valence-electron chi connectivity index (χ0n) is 15.8. The molecule has 3 aromatic heterocycles. The number of aromatic amines is 1. The van der Waals surface area contributed by atoms with E-state index in [1.807, 2.05) is 24.4 Å². The molecule has 0 saturated carbocycles. The molecule has 1 N–H and O–H groups in total. The second-order valence-electron chi connectivity index (χ2n) is 7.10. The Balaban J connectivity index is 1.50. The predicted octanol–water partition coefficient (Wildman–Crippen LogP) is 2.63. The highest BCUT2D eigenvalue weighted by Crippen LogP contribution is 2.32. The molecule has 1 atom stereocenters. The van der Waals surface area contributed by atoms with Gasteiger partial charge in [0.15, 0.2) is 5.82 Å². The third-order valence-electron chi connectivity index (χ3n) is 5.30. The van der Waals surface area contributed by atoms with E-state index in [9.17, 15) is 4.79 Å². The smallest absolute Gasteiger partial charge is 0.248 e. The molecule has 0 amide bonds. The molecule has 0 spiro atoms. The van der Waals surface area contributed by atoms with E-state index in [2.05, 4.69) is 60.0 Å². The largest absolute Gasteiger partial charge is 0.329 e. The summed E-state index contributed by atoms with van der Waals surface area (Å²) in [5, 5.41) is 8.80. The lowest BCUT2D eigenvalue weighted by atomic mass is 9.98. The predicted molar refractivity (Wildman–Crippen MR) is 109 cm³/mol. The average molecular weight is 384 g/mol. The average Bonchev–Trinajstić information content (AvgIpc) is 3.19. The highest BCUT2D eigenvalue weighted by atomic mass is 16.1. The van der Waals surface area contributed by atoms with Gasteiger partial charge in [0.2, 0.25) is 5.56 Å². The van der Waals surface area contributed by atoms with Gasteiger partial charge < -0.3 is 9.55 Å². The van der Waals surface area contributed by atoms with Crippen molar-refractivity contribution in [3.8, 4) is 11.4 Å². The Kier molecular flexibility index (Phi) is 4.50. The molecule has 0 bridgehead atoms. The molecule has 144 valence electrons. The van der Waals surface area contributed by atoms with Gasteiger partial charge in [-0.2, -0.15) is 0 Å². The number of hydrogen-bond donors (Lipinski definition) is 1. The first-order chi connectivity index (χ1) is 14.3. The van der Waals surface area contributed by atoms with Gasteiger partial charge in [0, 0.05) is 43.3 Å². The topological polar surface area (TPSA) is 79.7 Å². The summed E-state index contributed by atoms with van der Waals surface area (Å²) in [6, 6.07) is 18.1. The van der Waals surface area contributed by atoms with Crippen LogP contribution in [0.1, 0.15) is 23.0 Å². The van der Waals surface area contributed by atoms with E-state index >= 15 is 0 Å². The summed E-state index contributed by atoms with van der Waals surface area (Å²) in [5.74, 6) is 1.64. The maximum absolute atomic E-state index is 11.7. The fourth-order valence-corrected chi connectivity index (χ4v) is 3.98. The minimum absolute atomic E-state index is 0.0957. The summed E-state index contributed by atoms with van der Waals surface area (Å²) in [4.78, 5) is 21.1. The van der Waals surface area contributed by atoms with Gasteiger partial charge in [-0.1, -0.05) is 36.4 Å². The van der Waals surface area contributed by atoms with E-state index in [0.29, 0.717) is 6.54 Å². The van der Waals surface area contributed by atoms with Crippen molar-refractivity contribution in [2.75, 3.05) is 6.54 Å². The zero-order chi connectivity index (χ0) is 19.6. The standard InChI is InChI=1S/C22H20N6O/c29-20-13-17(8-10-24-20)22-26-25-19-15-27(11-12-28(19)22)21(16-5-2-1-3-6-16)18-7-4-9-23-14-18/h1-10,13-14,21H,11-12,15H2,(H,24,29). The Morgan fingerprint density at radius 2 is 1.83 bits per heavy atom. The van der Waals surface area contributed by atoms with E-state index in [-0.39, 0.29) is 11.6 Å². The lowest BCUT2D eigenvalue weighted by Gasteiger charge is -2.35. The highest BCUT2D eigenvalue weighted by molar-refractivity contribution is 5.54. The van der Waals surface area contributed by atoms with Gasteiger partial charge in [0.1, 0.15) is 5.82 Å². The first-order valence-electron chi connectivity index (χ1n) is 9.60. The number of benzene rings is 1. The lowest BCUT2D eigenvalue weighted by molar-refractivity contribution is 0.176. The van der Waals surface area contributed by atoms with Crippen LogP contribution in [-0.2, 0) is 13.1 Å². The number of nitrogens with one attached hydrogen (secondary N) is 1. The number of H-pyrrole nitrogens is 1. The molecular weight excluding hydrogens is 364 g/mol. The zero-order valence-corrected chi connectivity index (χ0v) is 15.8. The first-order valence-corrected chi connectivity index (χ1v) is 9.60. The van der Waals surface area contributed by atoms with Crippen molar-refractivity contribution in [1.29, 1.82) is 0 Å². The summed E-state index contributed by atoms with van der Waals surface area (Å²) in [6.45, 7) is 2.27. The van der Waals surface area contributed by atoms with Crippen LogP contribution in [0.15, 0.2) is 78.0 Å². The Morgan fingerprint density at radius 3 is 2.62 bits per heavy atom. The van der Waals surface area contributed by atoms with Crippen LogP contribution in [0.5, 0.6) is 0 Å². The van der Waals surface area contributed by atoms with Gasteiger partial charge in [-0.15, -0.1) is 10.2 Å². The third kappa shape index (κ3) is 3.36. The van der Waals surface area contributed by atoms with Crippen molar-refractivity contribution in [3.63, 3.8) is 0 Å². The van der Waals surface area contributed by atoms with Crippen LogP contribution in [0.2, 0.25) is 0 Å². The monoisotopic (exact) mass is 384 g/mol. The summed E-state index contributed by atoms with van der Waals surface area (Å²) in [6.07, 6.45) is 5.37. The van der Waals surface area contributed by atoms with Crippen molar-refractivity contribution < 1.29 is 0 Å². The van der Waals surface area contributed by atoms with Gasteiger partial charge in [0.05, 0.1) is 12.6 Å². The molecule has 29 heavy (non-hydrogen) atoms. The summed E-state index contributed by atoms with van der Waals surface area (Å²) >= 11 is 0. The van der Waals surface area contributed by atoms with E-state index in [1.165, 1.54) is 5.56 Å². The maximum atomic E-state index is 11.7. The molecular formula is C22H20N6O. The Morgan fingerprint density at radius 1 is 0.966 bits per heavy atom. The lowest BCUT2D eigenvalue weighted by Crippen LogP contribution is -2.37. The molecule has 1 unspecified atom stereocenters. The molecule has 7 heteroatoms. The molecule has 4 aromatic rings. The van der Waals surface area contributed by atoms with Gasteiger partial charge in [0.25, 0.3) is 0 Å². The molecule has 1 aromatic carbocycles. The fraction of sp³-hybridized carbons (Fsp3) is 0.182. The van der Waals surface area contributed by atoms with Crippen LogP contribution in [0.3, 0.4) is 0 Å². The van der Waals surface area contributed by atoms with Crippen LogP contribution < -0.4 is 5.56 Å². The second-order valence-corrected chi connectivity index (χ2v) is 7.10. The molecule has 4 heterocycles. The van der Waals surface area contributed by atoms with Crippen molar-refractivity contribution in [1.82, 2.24) is 29.6 Å². The second kappa shape index (κ2) is 7.44. The molecule has 5 rings (SSSR count). The Hall–Kier alpha value is -3.58. The molecule has 0 fully saturated rings. The fourth-order valence-electron chi connectivity index (χ4n) is 3.98. The van der Waals surface area contributed by atoms with E-state index < -0.39 is 0 Å². The summed E-state index contributed by atoms with van der Waals surface area (Å²) in [7, 11) is 0. The first kappa shape index (κ1) is 17.5. The van der Waals surface area contributed by atoms with Crippen molar-refractivity contribution >= 4 is 0 Å². The number of rotatable bonds is 4. The van der Waals surface area contributed by atoms with Gasteiger partial charge in [-0.3, -0.25) is 14.7 Å². The number of nitrogens with zero attached hydrogens (tertiary/aromatic N) is 5. The number of fused-ring (bicyclic) bond motifs is 1. The van der Waals surface area contributed by atoms with Crippen LogP contribution in [0.4, 0.5) is 0 Å². The SMILES string of the molecule is O=c1cc(-c2nnc3n2CCN(C(c2ccccc2)c2cccnc2)C3)cc[nH]1. The number of hydrogen-bond acceptors (Lipinski definition) is 5. The quantitative estimate of drug-likeness (QED) is 0.585. The molecule has 7 nitrogen and oxygen atoms in total. The van der Waals surface area contributed by atoms with Gasteiger partial charge in [-0.25, -0.2) is 0 Å². The van der Waals surface area contributed by atoms with Crippen LogP contribution in [-0.4, -0.2) is 36.2 Å². The number of pyridine rings is 2.